The van der Waals surface area contributed by atoms with E-state index in [0.717, 1.165) is 15.3 Å². The quantitative estimate of drug-likeness (QED) is 0.776. The standard InChI is InChI=1S/C15H16F2IN3/c1-15(2,3)13-12(18)14(19)21-11(20-13)6-8-4-5-9(16)7-10(8)17/h4-5,7H,6H2,1-3H3,(H2,19,20,21). The van der Waals surface area contributed by atoms with E-state index in [-0.39, 0.29) is 11.8 Å². The molecule has 112 valence electrons. The summed E-state index contributed by atoms with van der Waals surface area (Å²) < 4.78 is 27.5. The Hall–Kier alpha value is -1.31. The number of hydrogen-bond donors (Lipinski definition) is 1. The minimum Gasteiger partial charge on any atom is -0.383 e. The lowest BCUT2D eigenvalue weighted by molar-refractivity contribution is 0.556. The van der Waals surface area contributed by atoms with E-state index in [1.54, 1.807) is 0 Å². The zero-order valence-corrected chi connectivity index (χ0v) is 14.2. The Labute approximate surface area is 136 Å². The molecule has 0 saturated carbocycles. The molecule has 1 heterocycles. The molecule has 0 unspecified atom stereocenters. The Morgan fingerprint density at radius 1 is 1.19 bits per heavy atom. The second kappa shape index (κ2) is 5.82. The third-order valence-electron chi connectivity index (χ3n) is 3.00. The maximum absolute atomic E-state index is 13.7. The van der Waals surface area contributed by atoms with Gasteiger partial charge in [0.1, 0.15) is 23.3 Å². The predicted molar refractivity (Wildman–Crippen MR) is 87.0 cm³/mol. The molecule has 1 aromatic heterocycles. The fraction of sp³-hybridized carbons (Fsp3) is 0.333. The van der Waals surface area contributed by atoms with Crippen molar-refractivity contribution in [1.29, 1.82) is 0 Å². The van der Waals surface area contributed by atoms with Crippen molar-refractivity contribution in [2.75, 3.05) is 5.73 Å². The molecule has 3 nitrogen and oxygen atoms in total. The van der Waals surface area contributed by atoms with Crippen LogP contribution in [0.5, 0.6) is 0 Å². The normalized spacial score (nSPS) is 11.7. The van der Waals surface area contributed by atoms with Crippen LogP contribution in [-0.2, 0) is 11.8 Å². The number of nitrogens with two attached hydrogens (primary N) is 1. The average Bonchev–Trinajstić information content (AvgIpc) is 2.35. The first-order valence-corrected chi connectivity index (χ1v) is 7.52. The van der Waals surface area contributed by atoms with E-state index >= 15 is 0 Å². The maximum atomic E-state index is 13.7. The first kappa shape index (κ1) is 16.1. The molecular formula is C15H16F2IN3. The molecule has 0 saturated heterocycles. The molecule has 0 atom stereocenters. The summed E-state index contributed by atoms with van der Waals surface area (Å²) >= 11 is 2.12. The van der Waals surface area contributed by atoms with Gasteiger partial charge in [-0.1, -0.05) is 26.8 Å². The van der Waals surface area contributed by atoms with Gasteiger partial charge >= 0.3 is 0 Å². The molecule has 0 aliphatic heterocycles. The molecule has 0 radical (unpaired) electrons. The number of nitrogen functional groups attached to an aromatic ring is 1. The van der Waals surface area contributed by atoms with Gasteiger partial charge in [-0.15, -0.1) is 0 Å². The summed E-state index contributed by atoms with van der Waals surface area (Å²) in [4.78, 5) is 8.71. The van der Waals surface area contributed by atoms with Gasteiger partial charge in [-0.2, -0.15) is 0 Å². The highest BCUT2D eigenvalue weighted by Crippen LogP contribution is 2.28. The molecule has 21 heavy (non-hydrogen) atoms. The van der Waals surface area contributed by atoms with Crippen LogP contribution in [0.1, 0.15) is 37.9 Å². The van der Waals surface area contributed by atoms with Crippen molar-refractivity contribution in [3.63, 3.8) is 0 Å². The number of rotatable bonds is 2. The topological polar surface area (TPSA) is 51.8 Å². The van der Waals surface area contributed by atoms with E-state index in [1.165, 1.54) is 12.1 Å². The number of hydrogen-bond acceptors (Lipinski definition) is 3. The highest BCUT2D eigenvalue weighted by Gasteiger charge is 2.22. The molecule has 0 bridgehead atoms. The number of halogens is 3. The van der Waals surface area contributed by atoms with E-state index in [1.807, 2.05) is 20.8 Å². The summed E-state index contributed by atoms with van der Waals surface area (Å²) in [6, 6.07) is 3.48. The van der Waals surface area contributed by atoms with Gasteiger partial charge in [0, 0.05) is 17.9 Å². The molecule has 1 aromatic carbocycles. The van der Waals surface area contributed by atoms with Gasteiger partial charge in [-0.25, -0.2) is 18.7 Å². The Bertz CT molecular complexity index is 681. The molecule has 0 aliphatic carbocycles. The van der Waals surface area contributed by atoms with Gasteiger partial charge in [-0.3, -0.25) is 0 Å². The first-order chi connectivity index (χ1) is 9.68. The highest BCUT2D eigenvalue weighted by atomic mass is 127. The van der Waals surface area contributed by atoms with Crippen molar-refractivity contribution in [3.8, 4) is 0 Å². The van der Waals surface area contributed by atoms with Gasteiger partial charge in [0.2, 0.25) is 0 Å². The highest BCUT2D eigenvalue weighted by molar-refractivity contribution is 14.1. The molecule has 6 heteroatoms. The Morgan fingerprint density at radius 3 is 2.43 bits per heavy atom. The lowest BCUT2D eigenvalue weighted by Crippen LogP contribution is -2.19. The zero-order chi connectivity index (χ0) is 15.8. The number of benzene rings is 1. The number of anilines is 1. The van der Waals surface area contributed by atoms with Gasteiger partial charge < -0.3 is 5.73 Å². The van der Waals surface area contributed by atoms with Crippen molar-refractivity contribution in [3.05, 3.63) is 50.5 Å². The lowest BCUT2D eigenvalue weighted by atomic mass is 9.92. The molecule has 0 fully saturated rings. The summed E-state index contributed by atoms with van der Waals surface area (Å²) in [5, 5.41) is 0. The third-order valence-corrected chi connectivity index (χ3v) is 4.06. The summed E-state index contributed by atoms with van der Waals surface area (Å²) in [5.41, 5.74) is 6.90. The van der Waals surface area contributed by atoms with Crippen LogP contribution in [0.25, 0.3) is 0 Å². The van der Waals surface area contributed by atoms with E-state index in [2.05, 4.69) is 32.6 Å². The van der Waals surface area contributed by atoms with Crippen LogP contribution in [0.4, 0.5) is 14.6 Å². The van der Waals surface area contributed by atoms with Crippen LogP contribution in [0.3, 0.4) is 0 Å². The predicted octanol–water partition coefficient (Wildman–Crippen LogP) is 3.83. The molecule has 2 aromatic rings. The van der Waals surface area contributed by atoms with Crippen molar-refractivity contribution in [1.82, 2.24) is 9.97 Å². The van der Waals surface area contributed by atoms with Crippen LogP contribution in [-0.4, -0.2) is 9.97 Å². The molecule has 2 rings (SSSR count). The molecule has 0 aliphatic rings. The fourth-order valence-corrected chi connectivity index (χ4v) is 2.97. The van der Waals surface area contributed by atoms with E-state index in [4.69, 9.17) is 5.73 Å². The second-order valence-electron chi connectivity index (χ2n) is 5.85. The second-order valence-corrected chi connectivity index (χ2v) is 6.93. The Balaban J connectivity index is 2.43. The Kier molecular flexibility index (Phi) is 4.46. The van der Waals surface area contributed by atoms with Crippen LogP contribution in [0.15, 0.2) is 18.2 Å². The van der Waals surface area contributed by atoms with Crippen molar-refractivity contribution in [2.45, 2.75) is 32.6 Å². The van der Waals surface area contributed by atoms with Crippen LogP contribution < -0.4 is 5.73 Å². The monoisotopic (exact) mass is 403 g/mol. The Morgan fingerprint density at radius 2 is 1.86 bits per heavy atom. The van der Waals surface area contributed by atoms with Crippen molar-refractivity contribution < 1.29 is 8.78 Å². The van der Waals surface area contributed by atoms with Gasteiger partial charge in [0.25, 0.3) is 0 Å². The van der Waals surface area contributed by atoms with Crippen LogP contribution >= 0.6 is 22.6 Å². The minimum absolute atomic E-state index is 0.177. The largest absolute Gasteiger partial charge is 0.383 e. The SMILES string of the molecule is CC(C)(C)c1nc(Cc2ccc(F)cc2F)nc(N)c1I. The van der Waals surface area contributed by atoms with Gasteiger partial charge in [-0.05, 0) is 34.2 Å². The number of nitrogens with zero attached hydrogens (tertiary/aromatic N) is 2. The minimum atomic E-state index is -0.604. The smallest absolute Gasteiger partial charge is 0.140 e. The van der Waals surface area contributed by atoms with Crippen molar-refractivity contribution in [2.24, 2.45) is 0 Å². The summed E-state index contributed by atoms with van der Waals surface area (Å²) in [7, 11) is 0. The molecule has 0 spiro atoms. The fourth-order valence-electron chi connectivity index (χ4n) is 1.92. The van der Waals surface area contributed by atoms with E-state index in [9.17, 15) is 8.78 Å². The summed E-state index contributed by atoms with van der Waals surface area (Å²) in [6.07, 6.45) is 0.177. The summed E-state index contributed by atoms with van der Waals surface area (Å²) in [5.74, 6) is -0.390. The van der Waals surface area contributed by atoms with Gasteiger partial charge in [0.15, 0.2) is 0 Å². The number of aromatic nitrogens is 2. The third kappa shape index (κ3) is 3.66. The maximum Gasteiger partial charge on any atom is 0.140 e. The molecule has 0 amide bonds. The van der Waals surface area contributed by atoms with Gasteiger partial charge in [0.05, 0.1) is 9.26 Å². The van der Waals surface area contributed by atoms with E-state index in [0.29, 0.717) is 17.2 Å². The van der Waals surface area contributed by atoms with Crippen LogP contribution in [0, 0.1) is 15.2 Å². The van der Waals surface area contributed by atoms with Crippen molar-refractivity contribution >= 4 is 28.4 Å². The lowest BCUT2D eigenvalue weighted by Gasteiger charge is -2.21. The van der Waals surface area contributed by atoms with E-state index < -0.39 is 11.6 Å². The molecule has 2 N–H and O–H groups in total. The van der Waals surface area contributed by atoms with Crippen LogP contribution in [0.2, 0.25) is 0 Å². The molecular weight excluding hydrogens is 387 g/mol. The average molecular weight is 403 g/mol. The first-order valence-electron chi connectivity index (χ1n) is 6.45. The zero-order valence-electron chi connectivity index (χ0n) is 12.0. The summed E-state index contributed by atoms with van der Waals surface area (Å²) in [6.45, 7) is 6.08.